The second-order valence-corrected chi connectivity index (χ2v) is 12.5. The third-order valence-electron chi connectivity index (χ3n) is 6.66. The molecule has 0 rings (SSSR count). The van der Waals surface area contributed by atoms with Crippen molar-refractivity contribution >= 4 is 31.0 Å². The van der Waals surface area contributed by atoms with Gasteiger partial charge >= 0.3 is 5.97 Å². The zero-order chi connectivity index (χ0) is 27.7. The van der Waals surface area contributed by atoms with Crippen LogP contribution in [-0.2, 0) is 14.3 Å². The number of thioether (sulfide) groups is 1. The number of carboxylic acid groups (broad SMARTS) is 1. The van der Waals surface area contributed by atoms with Crippen LogP contribution in [0, 0.1) is 0 Å². The number of carbonyl (C=O) groups is 1. The highest BCUT2D eigenvalue weighted by molar-refractivity contribution is 7.99. The predicted molar refractivity (Wildman–Crippen MR) is 158 cm³/mol. The van der Waals surface area contributed by atoms with Crippen molar-refractivity contribution in [3.8, 4) is 0 Å². The third-order valence-corrected chi connectivity index (χ3v) is 9.04. The summed E-state index contributed by atoms with van der Waals surface area (Å²) in [5.41, 5.74) is 0. The summed E-state index contributed by atoms with van der Waals surface area (Å²) in [6.45, 7) is 8.60. The van der Waals surface area contributed by atoms with Gasteiger partial charge in [-0.25, -0.2) is 4.79 Å². The van der Waals surface area contributed by atoms with E-state index in [0.717, 1.165) is 18.6 Å². The van der Waals surface area contributed by atoms with E-state index in [0.29, 0.717) is 6.42 Å². The Bertz CT molecular complexity index is 571. The molecule has 0 aliphatic heterocycles. The first-order valence-corrected chi connectivity index (χ1v) is 17.3. The molecular formula is C29H57O6PS. The van der Waals surface area contributed by atoms with E-state index >= 15 is 0 Å². The normalized spacial score (nSPS) is 14.9. The van der Waals surface area contributed by atoms with Crippen LogP contribution in [0.5, 0.6) is 0 Å². The second kappa shape index (κ2) is 26.1. The first-order chi connectivity index (χ1) is 17.9. The van der Waals surface area contributed by atoms with Crippen LogP contribution in [-0.4, -0.2) is 51.3 Å². The zero-order valence-electron chi connectivity index (χ0n) is 24.3. The minimum Gasteiger partial charge on any atom is -0.603 e. The van der Waals surface area contributed by atoms with Gasteiger partial charge in [0.2, 0.25) is 14.3 Å². The summed E-state index contributed by atoms with van der Waals surface area (Å²) in [6.07, 6.45) is 20.5. The van der Waals surface area contributed by atoms with Gasteiger partial charge in [0.05, 0.1) is 6.10 Å². The highest BCUT2D eigenvalue weighted by atomic mass is 32.2. The average Bonchev–Trinajstić information content (AvgIpc) is 2.85. The molecule has 0 aliphatic carbocycles. The number of hydrogen-bond donors (Lipinski definition) is 2. The number of hydrogen-bond acceptors (Lipinski definition) is 6. The molecule has 2 N–H and O–H groups in total. The average molecular weight is 565 g/mol. The highest BCUT2D eigenvalue weighted by Gasteiger charge is 2.34. The van der Waals surface area contributed by atoms with Crippen molar-refractivity contribution in [3.05, 3.63) is 0 Å². The molecule has 0 aromatic rings. The summed E-state index contributed by atoms with van der Waals surface area (Å²) in [6, 6.07) is 0. The van der Waals surface area contributed by atoms with E-state index in [4.69, 9.17) is 9.47 Å². The number of rotatable bonds is 27. The number of ether oxygens (including phenoxy) is 2. The molecule has 4 atom stereocenters. The van der Waals surface area contributed by atoms with Gasteiger partial charge in [-0.1, -0.05) is 117 Å². The Morgan fingerprint density at radius 2 is 1.30 bits per heavy atom. The van der Waals surface area contributed by atoms with E-state index in [2.05, 4.69) is 13.8 Å². The van der Waals surface area contributed by atoms with Crippen molar-refractivity contribution in [1.29, 1.82) is 0 Å². The SMILES string of the molecule is CCCCCCCCCCCCSC(CCCCCCCC)C(C)OC(OCCC)C(C(=O)O)=[P+]([O-])O. The Kier molecular flexibility index (Phi) is 26.0. The van der Waals surface area contributed by atoms with E-state index in [9.17, 15) is 19.7 Å². The quantitative estimate of drug-likeness (QED) is 0.0595. The zero-order valence-corrected chi connectivity index (χ0v) is 26.0. The molecule has 37 heavy (non-hydrogen) atoms. The summed E-state index contributed by atoms with van der Waals surface area (Å²) in [5.74, 6) is -0.392. The lowest BCUT2D eigenvalue weighted by atomic mass is 10.1. The van der Waals surface area contributed by atoms with Crippen LogP contribution >= 0.6 is 19.8 Å². The van der Waals surface area contributed by atoms with Gasteiger partial charge in [-0.05, 0) is 31.9 Å². The molecule has 0 aliphatic rings. The van der Waals surface area contributed by atoms with Crippen molar-refractivity contribution in [3.63, 3.8) is 0 Å². The highest BCUT2D eigenvalue weighted by Crippen LogP contribution is 2.27. The van der Waals surface area contributed by atoms with Gasteiger partial charge in [0, 0.05) is 11.9 Å². The lowest BCUT2D eigenvalue weighted by Crippen LogP contribution is -2.39. The van der Waals surface area contributed by atoms with Crippen LogP contribution in [0.15, 0.2) is 0 Å². The molecule has 0 aromatic carbocycles. The molecule has 0 fully saturated rings. The molecule has 6 nitrogen and oxygen atoms in total. The van der Waals surface area contributed by atoms with Crippen molar-refractivity contribution in [1.82, 2.24) is 0 Å². The summed E-state index contributed by atoms with van der Waals surface area (Å²) in [4.78, 5) is 33.0. The fraction of sp³-hybridized carbons (Fsp3) is 0.931. The fourth-order valence-corrected chi connectivity index (χ4v) is 6.19. The van der Waals surface area contributed by atoms with Crippen molar-refractivity contribution in [2.24, 2.45) is 0 Å². The van der Waals surface area contributed by atoms with Crippen LogP contribution in [0.4, 0.5) is 0 Å². The minimum atomic E-state index is -3.04. The molecule has 8 heteroatoms. The first-order valence-electron chi connectivity index (χ1n) is 15.0. The van der Waals surface area contributed by atoms with E-state index in [1.807, 2.05) is 25.6 Å². The Balaban J connectivity index is 4.77. The van der Waals surface area contributed by atoms with Gasteiger partial charge in [0.25, 0.3) is 5.29 Å². The van der Waals surface area contributed by atoms with E-state index in [-0.39, 0.29) is 18.0 Å². The van der Waals surface area contributed by atoms with Gasteiger partial charge < -0.3 is 19.5 Å². The number of unbranched alkanes of at least 4 members (excludes halogenated alkanes) is 14. The third kappa shape index (κ3) is 20.4. The first kappa shape index (κ1) is 36.8. The number of aliphatic carboxylic acids is 1. The molecule has 4 unspecified atom stereocenters. The largest absolute Gasteiger partial charge is 0.603 e. The van der Waals surface area contributed by atoms with Crippen LogP contribution in [0.3, 0.4) is 0 Å². The molecule has 0 saturated heterocycles. The van der Waals surface area contributed by atoms with E-state index < -0.39 is 25.6 Å². The fourth-order valence-electron chi connectivity index (χ4n) is 4.37. The van der Waals surface area contributed by atoms with Crippen molar-refractivity contribution in [2.75, 3.05) is 12.4 Å². The van der Waals surface area contributed by atoms with Crippen molar-refractivity contribution in [2.45, 2.75) is 161 Å². The Morgan fingerprint density at radius 3 is 1.76 bits per heavy atom. The maximum absolute atomic E-state index is 11.7. The summed E-state index contributed by atoms with van der Waals surface area (Å²) >= 11 is 1.90. The topological polar surface area (TPSA) is 99.1 Å². The van der Waals surface area contributed by atoms with Crippen LogP contribution in [0.25, 0.3) is 0 Å². The van der Waals surface area contributed by atoms with Gasteiger partial charge in [0.1, 0.15) is 0 Å². The maximum Gasteiger partial charge on any atom is 0.382 e. The standard InChI is InChI=1S/C29H57O6PS/c1-5-8-10-12-14-15-16-17-19-21-24-37-26(22-20-18-13-11-9-6-2)25(4)35-29(34-23-7-3)27(28(30)31)36(32)33/h25-26,29H,5-24H2,1-4H3,(H,30,31)(H,32,33). The van der Waals surface area contributed by atoms with Gasteiger partial charge in [-0.3, -0.25) is 0 Å². The smallest absolute Gasteiger partial charge is 0.382 e. The van der Waals surface area contributed by atoms with Crippen LogP contribution in [0.1, 0.15) is 143 Å². The lowest BCUT2D eigenvalue weighted by Gasteiger charge is -2.27. The second-order valence-electron chi connectivity index (χ2n) is 10.2. The molecule has 0 spiro atoms. The summed E-state index contributed by atoms with van der Waals surface area (Å²) in [7, 11) is -3.04. The van der Waals surface area contributed by atoms with Crippen LogP contribution in [0.2, 0.25) is 0 Å². The summed E-state index contributed by atoms with van der Waals surface area (Å²) < 4.78 is 11.6. The molecule has 0 bridgehead atoms. The molecule has 0 heterocycles. The van der Waals surface area contributed by atoms with E-state index in [1.54, 1.807) is 0 Å². The predicted octanol–water partition coefficient (Wildman–Crippen LogP) is 7.84. The number of carboxylic acids is 1. The van der Waals surface area contributed by atoms with Gasteiger partial charge in [-0.2, -0.15) is 16.7 Å². The molecule has 0 aromatic heterocycles. The van der Waals surface area contributed by atoms with E-state index in [1.165, 1.54) is 96.3 Å². The van der Waals surface area contributed by atoms with Crippen LogP contribution < -0.4 is 4.89 Å². The molecular weight excluding hydrogens is 507 g/mol. The monoisotopic (exact) mass is 564 g/mol. The molecule has 0 amide bonds. The molecule has 0 saturated carbocycles. The van der Waals surface area contributed by atoms with Gasteiger partial charge in [0.15, 0.2) is 0 Å². The minimum absolute atomic E-state index is 0.198. The van der Waals surface area contributed by atoms with Crippen molar-refractivity contribution < 1.29 is 29.2 Å². The molecule has 0 radical (unpaired) electrons. The Labute approximate surface area is 233 Å². The summed E-state index contributed by atoms with van der Waals surface area (Å²) in [5, 5.41) is 9.07. The Hall–Kier alpha value is -0.170. The molecule has 220 valence electrons. The lowest BCUT2D eigenvalue weighted by molar-refractivity contribution is -0.170. The van der Waals surface area contributed by atoms with Gasteiger partial charge in [-0.15, -0.1) is 0 Å². The Morgan fingerprint density at radius 1 is 0.811 bits per heavy atom. The maximum atomic E-state index is 11.7.